The molecular formula is C24H26F4N2OS2. The molecule has 3 nitrogen and oxygen atoms in total. The van der Waals surface area contributed by atoms with Crippen molar-refractivity contribution in [3.05, 3.63) is 69.7 Å². The third kappa shape index (κ3) is 8.08. The van der Waals surface area contributed by atoms with E-state index < -0.39 is 23.7 Å². The highest BCUT2D eigenvalue weighted by molar-refractivity contribution is 7.99. The van der Waals surface area contributed by atoms with Crippen molar-refractivity contribution in [3.8, 4) is 0 Å². The summed E-state index contributed by atoms with van der Waals surface area (Å²) in [4.78, 5) is 14.0. The van der Waals surface area contributed by atoms with Crippen LogP contribution in [0.3, 0.4) is 0 Å². The predicted octanol–water partition coefficient (Wildman–Crippen LogP) is 8.00. The van der Waals surface area contributed by atoms with Crippen molar-refractivity contribution < 1.29 is 22.4 Å². The number of rotatable bonds is 9. The van der Waals surface area contributed by atoms with Gasteiger partial charge in [-0.3, -0.25) is 4.79 Å². The Morgan fingerprint density at radius 2 is 2.00 bits per heavy atom. The minimum atomic E-state index is -4.36. The number of carbonyl (C=O) groups excluding carboxylic acids is 1. The molecule has 0 saturated carbocycles. The Balaban J connectivity index is 2.29. The SMILES string of the molecule is C\C=C/C=C(\C=C\CCC)c1cc(N)c(C(=O)Nc2cc(SCC(F)(F)F)c(C)cc2F)s1. The van der Waals surface area contributed by atoms with E-state index in [9.17, 15) is 22.4 Å². The van der Waals surface area contributed by atoms with E-state index in [1.807, 2.05) is 37.3 Å². The second kappa shape index (κ2) is 12.1. The summed E-state index contributed by atoms with van der Waals surface area (Å²) in [7, 11) is 0. The second-order valence-corrected chi connectivity index (χ2v) is 9.26. The summed E-state index contributed by atoms with van der Waals surface area (Å²) in [6.07, 6.45) is 7.20. The molecular weight excluding hydrogens is 472 g/mol. The van der Waals surface area contributed by atoms with Gasteiger partial charge >= 0.3 is 6.18 Å². The van der Waals surface area contributed by atoms with Gasteiger partial charge in [0.15, 0.2) is 0 Å². The van der Waals surface area contributed by atoms with Crippen molar-refractivity contribution in [1.29, 1.82) is 0 Å². The van der Waals surface area contributed by atoms with Crippen LogP contribution in [0, 0.1) is 12.7 Å². The molecule has 178 valence electrons. The summed E-state index contributed by atoms with van der Waals surface area (Å²) in [6.45, 7) is 5.48. The third-order valence-corrected chi connectivity index (χ3v) is 6.80. The minimum absolute atomic E-state index is 0.197. The fourth-order valence-corrected chi connectivity index (χ4v) is 4.55. The van der Waals surface area contributed by atoms with Crippen molar-refractivity contribution in [1.82, 2.24) is 0 Å². The van der Waals surface area contributed by atoms with Crippen molar-refractivity contribution in [2.45, 2.75) is 44.7 Å². The summed E-state index contributed by atoms with van der Waals surface area (Å²) < 4.78 is 52.2. The van der Waals surface area contributed by atoms with Crippen LogP contribution in [0.15, 0.2) is 53.5 Å². The number of halogens is 4. The van der Waals surface area contributed by atoms with E-state index in [2.05, 4.69) is 12.2 Å². The number of amides is 1. The molecule has 0 spiro atoms. The molecule has 0 aliphatic rings. The lowest BCUT2D eigenvalue weighted by atomic mass is 10.1. The first-order valence-electron chi connectivity index (χ1n) is 10.3. The van der Waals surface area contributed by atoms with Crippen LogP contribution in [-0.4, -0.2) is 17.8 Å². The first-order chi connectivity index (χ1) is 15.6. The number of thioether (sulfide) groups is 1. The number of allylic oxidation sites excluding steroid dienone is 6. The number of benzene rings is 1. The van der Waals surface area contributed by atoms with E-state index in [1.54, 1.807) is 6.07 Å². The van der Waals surface area contributed by atoms with Gasteiger partial charge in [-0.1, -0.05) is 43.7 Å². The fraction of sp³-hybridized carbons (Fsp3) is 0.292. The maximum atomic E-state index is 14.4. The van der Waals surface area contributed by atoms with E-state index >= 15 is 0 Å². The quantitative estimate of drug-likeness (QED) is 0.209. The van der Waals surface area contributed by atoms with Gasteiger partial charge in [0.05, 0.1) is 17.1 Å². The highest BCUT2D eigenvalue weighted by atomic mass is 32.2. The van der Waals surface area contributed by atoms with Gasteiger partial charge in [-0.05, 0) is 49.6 Å². The number of anilines is 2. The molecule has 9 heteroatoms. The van der Waals surface area contributed by atoms with Crippen LogP contribution >= 0.6 is 23.1 Å². The van der Waals surface area contributed by atoms with Gasteiger partial charge in [-0.15, -0.1) is 23.1 Å². The van der Waals surface area contributed by atoms with Crippen molar-refractivity contribution in [2.24, 2.45) is 0 Å². The Morgan fingerprint density at radius 1 is 1.27 bits per heavy atom. The van der Waals surface area contributed by atoms with E-state index in [-0.39, 0.29) is 21.1 Å². The normalized spacial score (nSPS) is 12.8. The number of nitrogens with one attached hydrogen (secondary N) is 1. The summed E-state index contributed by atoms with van der Waals surface area (Å²) >= 11 is 1.70. The van der Waals surface area contributed by atoms with Gasteiger partial charge in [-0.25, -0.2) is 4.39 Å². The zero-order valence-electron chi connectivity index (χ0n) is 18.6. The molecule has 2 rings (SSSR count). The standard InChI is InChI=1S/C24H26F4N2OS2/c1-4-6-8-10-16(9-7-5-2)21-12-18(29)22(33-21)23(31)30-19-13-20(15(3)11-17(19)25)32-14-24(26,27)28/h5,7-13H,4,6,14,29H2,1-3H3,(H,30,31)/b7-5-,10-8+,16-9+. The van der Waals surface area contributed by atoms with Crippen LogP contribution in [-0.2, 0) is 0 Å². The lowest BCUT2D eigenvalue weighted by molar-refractivity contribution is -0.105. The lowest BCUT2D eigenvalue weighted by Crippen LogP contribution is -2.14. The maximum absolute atomic E-state index is 14.4. The van der Waals surface area contributed by atoms with E-state index in [1.165, 1.54) is 13.0 Å². The molecule has 2 aromatic rings. The molecule has 0 unspecified atom stereocenters. The van der Waals surface area contributed by atoms with E-state index in [4.69, 9.17) is 5.73 Å². The van der Waals surface area contributed by atoms with Crippen LogP contribution in [0.4, 0.5) is 28.9 Å². The zero-order chi connectivity index (χ0) is 24.6. The molecule has 1 aromatic carbocycles. The first kappa shape index (κ1) is 26.7. The van der Waals surface area contributed by atoms with Crippen molar-refractivity contribution in [2.75, 3.05) is 16.8 Å². The second-order valence-electron chi connectivity index (χ2n) is 7.19. The van der Waals surface area contributed by atoms with Crippen LogP contribution in [0.1, 0.15) is 46.8 Å². The van der Waals surface area contributed by atoms with E-state index in [0.29, 0.717) is 17.3 Å². The van der Waals surface area contributed by atoms with Gasteiger partial charge < -0.3 is 11.1 Å². The molecule has 33 heavy (non-hydrogen) atoms. The maximum Gasteiger partial charge on any atom is 0.398 e. The zero-order valence-corrected chi connectivity index (χ0v) is 20.2. The number of hydrogen-bond donors (Lipinski definition) is 2. The number of aryl methyl sites for hydroxylation is 1. The number of thiophene rings is 1. The highest BCUT2D eigenvalue weighted by Crippen LogP contribution is 2.34. The topological polar surface area (TPSA) is 55.1 Å². The largest absolute Gasteiger partial charge is 0.398 e. The molecule has 1 amide bonds. The lowest BCUT2D eigenvalue weighted by Gasteiger charge is -2.12. The van der Waals surface area contributed by atoms with Crippen LogP contribution in [0.25, 0.3) is 5.57 Å². The molecule has 0 radical (unpaired) electrons. The van der Waals surface area contributed by atoms with Gasteiger partial charge in [0.2, 0.25) is 0 Å². The Hall–Kier alpha value is -2.52. The van der Waals surface area contributed by atoms with Crippen LogP contribution in [0.2, 0.25) is 0 Å². The number of nitrogens with two attached hydrogens (primary N) is 1. The summed E-state index contributed by atoms with van der Waals surface area (Å²) in [5, 5.41) is 2.45. The average molecular weight is 499 g/mol. The molecule has 1 heterocycles. The van der Waals surface area contributed by atoms with Gasteiger partial charge in [0.1, 0.15) is 10.7 Å². The van der Waals surface area contributed by atoms with Gasteiger partial charge in [0.25, 0.3) is 5.91 Å². The molecule has 0 bridgehead atoms. The van der Waals surface area contributed by atoms with Crippen LogP contribution < -0.4 is 11.1 Å². The molecule has 0 saturated heterocycles. The van der Waals surface area contributed by atoms with Crippen molar-refractivity contribution in [3.63, 3.8) is 0 Å². The van der Waals surface area contributed by atoms with Crippen LogP contribution in [0.5, 0.6) is 0 Å². The third-order valence-electron chi connectivity index (χ3n) is 4.38. The Bertz CT molecular complexity index is 1070. The number of unbranched alkanes of at least 4 members (excludes halogenated alkanes) is 1. The molecule has 0 fully saturated rings. The molecule has 0 aliphatic carbocycles. The number of hydrogen-bond acceptors (Lipinski definition) is 4. The van der Waals surface area contributed by atoms with Crippen molar-refractivity contribution >= 4 is 46.0 Å². The molecule has 1 aromatic heterocycles. The Kier molecular flexibility index (Phi) is 9.79. The van der Waals surface area contributed by atoms with E-state index in [0.717, 1.165) is 40.7 Å². The summed E-state index contributed by atoms with van der Waals surface area (Å²) in [5.41, 5.74) is 7.34. The minimum Gasteiger partial charge on any atom is -0.397 e. The molecule has 3 N–H and O–H groups in total. The molecule has 0 atom stereocenters. The fourth-order valence-electron chi connectivity index (χ4n) is 2.76. The Morgan fingerprint density at radius 3 is 2.64 bits per heavy atom. The Labute approximate surface area is 199 Å². The van der Waals surface area contributed by atoms with Gasteiger partial charge in [-0.2, -0.15) is 13.2 Å². The molecule has 0 aliphatic heterocycles. The summed E-state index contributed by atoms with van der Waals surface area (Å²) in [5.74, 6) is -2.47. The summed E-state index contributed by atoms with van der Waals surface area (Å²) in [6, 6.07) is 4.00. The average Bonchev–Trinajstić information content (AvgIpc) is 3.12. The predicted molar refractivity (Wildman–Crippen MR) is 131 cm³/mol. The number of nitrogen functional groups attached to an aromatic ring is 1. The first-order valence-corrected chi connectivity index (χ1v) is 12.1. The smallest absolute Gasteiger partial charge is 0.397 e. The highest BCUT2D eigenvalue weighted by Gasteiger charge is 2.28. The van der Waals surface area contributed by atoms with Gasteiger partial charge in [0, 0.05) is 9.77 Å². The number of carbonyl (C=O) groups is 1. The monoisotopic (exact) mass is 498 g/mol. The number of alkyl halides is 3.